The van der Waals surface area contributed by atoms with Gasteiger partial charge in [-0.2, -0.15) is 8.78 Å². The molecule has 0 atom stereocenters. The summed E-state index contributed by atoms with van der Waals surface area (Å²) >= 11 is 0. The van der Waals surface area contributed by atoms with Crippen LogP contribution in [0.2, 0.25) is 0 Å². The Morgan fingerprint density at radius 1 is 0.960 bits per heavy atom. The van der Waals surface area contributed by atoms with Gasteiger partial charge in [-0.3, -0.25) is 0 Å². The summed E-state index contributed by atoms with van der Waals surface area (Å²) in [5.41, 5.74) is 1.26. The average molecular weight is 350 g/mol. The van der Waals surface area contributed by atoms with Crippen molar-refractivity contribution in [2.45, 2.75) is 13.5 Å². The fourth-order valence-electron chi connectivity index (χ4n) is 1.92. The highest BCUT2D eigenvalue weighted by Crippen LogP contribution is 2.18. The minimum absolute atomic E-state index is 0.00416. The van der Waals surface area contributed by atoms with Crippen molar-refractivity contribution < 1.29 is 27.8 Å². The first kappa shape index (κ1) is 18.2. The number of hydrogen-bond donors (Lipinski definition) is 2. The van der Waals surface area contributed by atoms with Crippen LogP contribution in [0.4, 0.5) is 25.0 Å². The third kappa shape index (κ3) is 5.76. The number of amides is 2. The van der Waals surface area contributed by atoms with E-state index in [9.17, 15) is 18.4 Å². The van der Waals surface area contributed by atoms with Crippen LogP contribution in [0.25, 0.3) is 0 Å². The van der Waals surface area contributed by atoms with Crippen LogP contribution >= 0.6 is 0 Å². The Labute approximate surface area is 142 Å². The van der Waals surface area contributed by atoms with Crippen molar-refractivity contribution in [3.05, 3.63) is 54.1 Å². The molecule has 0 spiro atoms. The molecule has 0 fully saturated rings. The van der Waals surface area contributed by atoms with Crippen LogP contribution in [0, 0.1) is 0 Å². The van der Waals surface area contributed by atoms with Crippen molar-refractivity contribution in [3.8, 4) is 5.75 Å². The molecular formula is C17H16F2N2O4. The number of ether oxygens (including phenoxy) is 2. The minimum Gasteiger partial charge on any atom is -0.462 e. The lowest BCUT2D eigenvalue weighted by Crippen LogP contribution is -2.19. The normalized spacial score (nSPS) is 10.2. The molecule has 0 saturated heterocycles. The SMILES string of the molecule is CCOC(=O)c1ccc(NC(=O)Nc2ccc(OC(F)F)cc2)cc1. The van der Waals surface area contributed by atoms with Gasteiger partial charge in [0.15, 0.2) is 0 Å². The van der Waals surface area contributed by atoms with E-state index in [0.717, 1.165) is 0 Å². The van der Waals surface area contributed by atoms with E-state index in [2.05, 4.69) is 15.4 Å². The maximum atomic E-state index is 12.1. The summed E-state index contributed by atoms with van der Waals surface area (Å²) in [5, 5.41) is 5.13. The third-order valence-electron chi connectivity index (χ3n) is 2.99. The van der Waals surface area contributed by atoms with Gasteiger partial charge in [0.2, 0.25) is 0 Å². The van der Waals surface area contributed by atoms with Crippen LogP contribution in [-0.2, 0) is 4.74 Å². The Morgan fingerprint density at radius 2 is 1.48 bits per heavy atom. The van der Waals surface area contributed by atoms with Gasteiger partial charge in [-0.15, -0.1) is 0 Å². The van der Waals surface area contributed by atoms with Crippen molar-refractivity contribution >= 4 is 23.4 Å². The zero-order valence-corrected chi connectivity index (χ0v) is 13.3. The maximum Gasteiger partial charge on any atom is 0.387 e. The summed E-state index contributed by atoms with van der Waals surface area (Å²) in [6.45, 7) is -0.910. The monoisotopic (exact) mass is 350 g/mol. The molecule has 2 amide bonds. The lowest BCUT2D eigenvalue weighted by Gasteiger charge is -2.09. The molecule has 0 unspecified atom stereocenters. The average Bonchev–Trinajstić information content (AvgIpc) is 2.57. The van der Waals surface area contributed by atoms with E-state index in [0.29, 0.717) is 16.9 Å². The van der Waals surface area contributed by atoms with E-state index in [1.165, 1.54) is 36.4 Å². The van der Waals surface area contributed by atoms with Gasteiger partial charge in [0, 0.05) is 11.4 Å². The van der Waals surface area contributed by atoms with Gasteiger partial charge in [-0.1, -0.05) is 0 Å². The van der Waals surface area contributed by atoms with E-state index in [4.69, 9.17) is 4.74 Å². The Balaban J connectivity index is 1.90. The zero-order valence-electron chi connectivity index (χ0n) is 13.3. The number of benzene rings is 2. The molecule has 0 heterocycles. The molecule has 25 heavy (non-hydrogen) atoms. The van der Waals surface area contributed by atoms with Gasteiger partial charge in [0.1, 0.15) is 5.75 Å². The Hall–Kier alpha value is -3.16. The molecule has 0 saturated carbocycles. The van der Waals surface area contributed by atoms with E-state index in [1.807, 2.05) is 0 Å². The van der Waals surface area contributed by atoms with E-state index in [-0.39, 0.29) is 12.4 Å². The number of urea groups is 1. The smallest absolute Gasteiger partial charge is 0.387 e. The van der Waals surface area contributed by atoms with Crippen LogP contribution in [0.3, 0.4) is 0 Å². The summed E-state index contributed by atoms with van der Waals surface area (Å²) < 4.78 is 33.2. The van der Waals surface area contributed by atoms with Crippen molar-refractivity contribution in [1.82, 2.24) is 0 Å². The minimum atomic E-state index is -2.90. The van der Waals surface area contributed by atoms with Crippen molar-refractivity contribution in [2.24, 2.45) is 0 Å². The number of alkyl halides is 2. The number of anilines is 2. The van der Waals surface area contributed by atoms with Crippen molar-refractivity contribution in [3.63, 3.8) is 0 Å². The number of nitrogens with one attached hydrogen (secondary N) is 2. The Morgan fingerprint density at radius 3 is 1.96 bits per heavy atom. The van der Waals surface area contributed by atoms with Gasteiger partial charge >= 0.3 is 18.6 Å². The van der Waals surface area contributed by atoms with Gasteiger partial charge in [-0.05, 0) is 55.5 Å². The first-order valence-electron chi connectivity index (χ1n) is 7.38. The summed E-state index contributed by atoms with van der Waals surface area (Å²) in [6, 6.07) is 11.2. The molecule has 0 aromatic heterocycles. The van der Waals surface area contributed by atoms with Crippen LogP contribution in [0.5, 0.6) is 5.75 Å². The van der Waals surface area contributed by atoms with Crippen LogP contribution in [-0.4, -0.2) is 25.2 Å². The number of rotatable bonds is 6. The topological polar surface area (TPSA) is 76.7 Å². The Bertz CT molecular complexity index is 718. The molecule has 0 bridgehead atoms. The molecule has 0 aliphatic heterocycles. The molecule has 2 rings (SSSR count). The molecule has 0 radical (unpaired) electrons. The van der Waals surface area contributed by atoms with Gasteiger partial charge in [-0.25, -0.2) is 9.59 Å². The van der Waals surface area contributed by atoms with Crippen LogP contribution in [0.15, 0.2) is 48.5 Å². The molecular weight excluding hydrogens is 334 g/mol. The van der Waals surface area contributed by atoms with Gasteiger partial charge in [0.25, 0.3) is 0 Å². The van der Waals surface area contributed by atoms with Crippen molar-refractivity contribution in [2.75, 3.05) is 17.2 Å². The number of esters is 1. The zero-order chi connectivity index (χ0) is 18.2. The molecule has 0 aliphatic carbocycles. The summed E-state index contributed by atoms with van der Waals surface area (Å²) in [4.78, 5) is 23.4. The van der Waals surface area contributed by atoms with E-state index < -0.39 is 18.6 Å². The summed E-state index contributed by atoms with van der Waals surface area (Å²) in [6.07, 6.45) is 0. The number of carbonyl (C=O) groups is 2. The second kappa shape index (κ2) is 8.62. The third-order valence-corrected chi connectivity index (χ3v) is 2.99. The number of carbonyl (C=O) groups excluding carboxylic acids is 2. The first-order chi connectivity index (χ1) is 12.0. The number of halogens is 2. The molecule has 2 aromatic rings. The second-order valence-corrected chi connectivity index (χ2v) is 4.78. The first-order valence-corrected chi connectivity index (χ1v) is 7.38. The fraction of sp³-hybridized carbons (Fsp3) is 0.176. The lowest BCUT2D eigenvalue weighted by atomic mass is 10.2. The highest BCUT2D eigenvalue weighted by molar-refractivity contribution is 6.00. The van der Waals surface area contributed by atoms with Gasteiger partial charge in [0.05, 0.1) is 12.2 Å². The molecule has 2 aromatic carbocycles. The van der Waals surface area contributed by atoms with Crippen molar-refractivity contribution in [1.29, 1.82) is 0 Å². The van der Waals surface area contributed by atoms with Gasteiger partial charge < -0.3 is 20.1 Å². The second-order valence-electron chi connectivity index (χ2n) is 4.78. The molecule has 8 heteroatoms. The van der Waals surface area contributed by atoms with Crippen LogP contribution < -0.4 is 15.4 Å². The molecule has 6 nitrogen and oxygen atoms in total. The largest absolute Gasteiger partial charge is 0.462 e. The summed E-state index contributed by atoms with van der Waals surface area (Å²) in [7, 11) is 0. The standard InChI is InChI=1S/C17H16F2N2O4/c1-2-24-15(22)11-3-5-12(6-4-11)20-17(23)21-13-7-9-14(10-8-13)25-16(18)19/h3-10,16H,2H2,1H3,(H2,20,21,23). The summed E-state index contributed by atoms with van der Waals surface area (Å²) in [5.74, 6) is -0.444. The lowest BCUT2D eigenvalue weighted by molar-refractivity contribution is -0.0498. The fourth-order valence-corrected chi connectivity index (χ4v) is 1.92. The molecule has 2 N–H and O–H groups in total. The predicted molar refractivity (Wildman–Crippen MR) is 88.1 cm³/mol. The van der Waals surface area contributed by atoms with E-state index >= 15 is 0 Å². The number of hydrogen-bond acceptors (Lipinski definition) is 4. The highest BCUT2D eigenvalue weighted by atomic mass is 19.3. The molecule has 0 aliphatic rings. The maximum absolute atomic E-state index is 12.1. The highest BCUT2D eigenvalue weighted by Gasteiger charge is 2.08. The Kier molecular flexibility index (Phi) is 6.27. The molecule has 132 valence electrons. The van der Waals surface area contributed by atoms with E-state index in [1.54, 1.807) is 19.1 Å². The quantitative estimate of drug-likeness (QED) is 0.769. The van der Waals surface area contributed by atoms with Crippen LogP contribution in [0.1, 0.15) is 17.3 Å². The predicted octanol–water partition coefficient (Wildman–Crippen LogP) is 4.11.